The van der Waals surface area contributed by atoms with Crippen molar-refractivity contribution in [3.8, 4) is 0 Å². The Labute approximate surface area is 136 Å². The number of carbonyl (C=O) groups excluding carboxylic acids is 1. The van der Waals surface area contributed by atoms with Gasteiger partial charge in [0.15, 0.2) is 0 Å². The van der Waals surface area contributed by atoms with Crippen molar-refractivity contribution < 1.29 is 14.1 Å². The van der Waals surface area contributed by atoms with Gasteiger partial charge in [0, 0.05) is 22.5 Å². The van der Waals surface area contributed by atoms with Crippen molar-refractivity contribution in [2.75, 3.05) is 39.2 Å². The average molecular weight is 364 g/mol. The first-order valence-electron chi connectivity index (χ1n) is 5.79. The van der Waals surface area contributed by atoms with Crippen molar-refractivity contribution >= 4 is 65.2 Å². The fourth-order valence-electron chi connectivity index (χ4n) is 0.857. The van der Waals surface area contributed by atoms with Gasteiger partial charge in [-0.2, -0.15) is 11.8 Å². The summed E-state index contributed by atoms with van der Waals surface area (Å²) in [4.78, 5) is 11.2. The molecule has 4 nitrogen and oxygen atoms in total. The second-order valence-electron chi connectivity index (χ2n) is 3.18. The normalized spacial score (nSPS) is 10.4. The molecule has 1 amide bonds. The Hall–Kier alpha value is 0.980. The van der Waals surface area contributed by atoms with Gasteiger partial charge in [-0.25, -0.2) is 4.79 Å². The van der Waals surface area contributed by atoms with Gasteiger partial charge in [0.2, 0.25) is 0 Å². The van der Waals surface area contributed by atoms with E-state index in [1.54, 1.807) is 0 Å². The Morgan fingerprint density at radius 2 is 1.84 bits per heavy atom. The van der Waals surface area contributed by atoms with E-state index in [4.69, 9.17) is 9.29 Å². The van der Waals surface area contributed by atoms with E-state index in [2.05, 4.69) is 12.2 Å². The summed E-state index contributed by atoms with van der Waals surface area (Å²) >= 11 is 7.81. The van der Waals surface area contributed by atoms with E-state index < -0.39 is 0 Å². The standard InChI is InChI=1S/C10H21NO3S5/c1-2-4-15-7-18-8-16-5-3-11-10(12)14-6-17-9-19-13/h13H,2-9H2,1H3,(H,11,12). The summed E-state index contributed by atoms with van der Waals surface area (Å²) in [5.41, 5.74) is 0. The zero-order chi connectivity index (χ0) is 14.2. The first-order valence-corrected chi connectivity index (χ1v) is 11.3. The van der Waals surface area contributed by atoms with Crippen LogP contribution in [-0.2, 0) is 4.74 Å². The molecule has 0 atom stereocenters. The molecule has 0 aliphatic heterocycles. The molecular formula is C10H21NO3S5. The number of amides is 1. The summed E-state index contributed by atoms with van der Waals surface area (Å²) in [7, 11) is 0. The van der Waals surface area contributed by atoms with Gasteiger partial charge in [0.1, 0.15) is 5.94 Å². The maximum Gasteiger partial charge on any atom is 0.407 e. The van der Waals surface area contributed by atoms with Gasteiger partial charge in [-0.05, 0) is 24.2 Å². The summed E-state index contributed by atoms with van der Waals surface area (Å²) in [6.45, 7) is 2.82. The maximum atomic E-state index is 11.2. The van der Waals surface area contributed by atoms with Crippen LogP contribution >= 0.6 is 59.1 Å². The zero-order valence-electron chi connectivity index (χ0n) is 11.0. The van der Waals surface area contributed by atoms with Crippen LogP contribution in [0, 0.1) is 0 Å². The van der Waals surface area contributed by atoms with Crippen LogP contribution in [0.5, 0.6) is 0 Å². The number of nitrogens with one attached hydrogen (secondary N) is 1. The molecule has 114 valence electrons. The third-order valence-electron chi connectivity index (χ3n) is 1.61. The molecule has 0 saturated carbocycles. The third kappa shape index (κ3) is 16.9. The Bertz CT molecular complexity index is 212. The van der Waals surface area contributed by atoms with Crippen LogP contribution in [0.3, 0.4) is 0 Å². The minimum absolute atomic E-state index is 0.275. The highest BCUT2D eigenvalue weighted by Gasteiger charge is 2.00. The molecule has 0 aromatic carbocycles. The smallest absolute Gasteiger partial charge is 0.407 e. The van der Waals surface area contributed by atoms with E-state index >= 15 is 0 Å². The molecule has 0 radical (unpaired) electrons. The van der Waals surface area contributed by atoms with Gasteiger partial charge >= 0.3 is 6.09 Å². The molecule has 0 bridgehead atoms. The first kappa shape index (κ1) is 20.0. The van der Waals surface area contributed by atoms with Crippen molar-refractivity contribution in [1.29, 1.82) is 0 Å². The monoisotopic (exact) mass is 363 g/mol. The lowest BCUT2D eigenvalue weighted by molar-refractivity contribution is 0.166. The Kier molecular flexibility index (Phi) is 17.9. The maximum absolute atomic E-state index is 11.2. The molecule has 2 N–H and O–H groups in total. The predicted octanol–water partition coefficient (Wildman–Crippen LogP) is 4.09. The van der Waals surface area contributed by atoms with Crippen molar-refractivity contribution in [2.45, 2.75) is 13.3 Å². The third-order valence-corrected chi connectivity index (χ3v) is 6.84. The molecule has 0 fully saturated rings. The van der Waals surface area contributed by atoms with Crippen LogP contribution in [0.15, 0.2) is 0 Å². The lowest BCUT2D eigenvalue weighted by atomic mass is 10.6. The highest BCUT2D eigenvalue weighted by atomic mass is 32.2. The number of hydrogen-bond acceptors (Lipinski definition) is 8. The molecular weight excluding hydrogens is 342 g/mol. The van der Waals surface area contributed by atoms with Crippen molar-refractivity contribution in [3.63, 3.8) is 0 Å². The zero-order valence-corrected chi connectivity index (χ0v) is 15.0. The summed E-state index contributed by atoms with van der Waals surface area (Å²) in [6.07, 6.45) is 0.849. The van der Waals surface area contributed by atoms with Crippen LogP contribution in [0.1, 0.15) is 13.3 Å². The molecule has 0 aromatic heterocycles. The van der Waals surface area contributed by atoms with Gasteiger partial charge in [-0.3, -0.25) is 0 Å². The summed E-state index contributed by atoms with van der Waals surface area (Å²) < 4.78 is 13.3. The molecule has 0 saturated heterocycles. The van der Waals surface area contributed by atoms with E-state index in [1.807, 2.05) is 35.3 Å². The molecule has 0 spiro atoms. The van der Waals surface area contributed by atoms with E-state index in [0.717, 1.165) is 28.0 Å². The Morgan fingerprint density at radius 3 is 2.53 bits per heavy atom. The van der Waals surface area contributed by atoms with Gasteiger partial charge < -0.3 is 14.6 Å². The van der Waals surface area contributed by atoms with Crippen LogP contribution in [-0.4, -0.2) is 49.9 Å². The summed E-state index contributed by atoms with van der Waals surface area (Å²) in [5, 5.41) is 5.42. The molecule has 19 heavy (non-hydrogen) atoms. The number of thioether (sulfide) groups is 4. The second-order valence-corrected chi connectivity index (χ2v) is 8.96. The highest BCUT2D eigenvalue weighted by Crippen LogP contribution is 2.17. The minimum atomic E-state index is -0.387. The molecule has 0 aromatic rings. The van der Waals surface area contributed by atoms with Crippen LogP contribution in [0.2, 0.25) is 0 Å². The summed E-state index contributed by atoms with van der Waals surface area (Å²) in [6, 6.07) is 0. The second kappa shape index (κ2) is 17.0. The largest absolute Gasteiger partial charge is 0.438 e. The first-order chi connectivity index (χ1) is 9.31. The molecule has 0 heterocycles. The topological polar surface area (TPSA) is 58.6 Å². The Balaban J connectivity index is 3.10. The van der Waals surface area contributed by atoms with Crippen LogP contribution < -0.4 is 5.32 Å². The van der Waals surface area contributed by atoms with Crippen molar-refractivity contribution in [1.82, 2.24) is 5.32 Å². The van der Waals surface area contributed by atoms with Crippen LogP contribution in [0.25, 0.3) is 0 Å². The number of ether oxygens (including phenoxy) is 1. The fourth-order valence-corrected chi connectivity index (χ4v) is 4.92. The van der Waals surface area contributed by atoms with Crippen molar-refractivity contribution in [2.24, 2.45) is 0 Å². The number of hydrogen-bond donors (Lipinski definition) is 2. The molecule has 0 aliphatic carbocycles. The molecule has 0 aliphatic rings. The van der Waals surface area contributed by atoms with Crippen LogP contribution in [0.4, 0.5) is 4.79 Å². The number of rotatable bonds is 13. The average Bonchev–Trinajstić information content (AvgIpc) is 2.42. The molecule has 0 rings (SSSR count). The van der Waals surface area contributed by atoms with Gasteiger partial charge in [-0.1, -0.05) is 6.92 Å². The van der Waals surface area contributed by atoms with Crippen molar-refractivity contribution in [3.05, 3.63) is 0 Å². The molecule has 9 heteroatoms. The van der Waals surface area contributed by atoms with E-state index in [-0.39, 0.29) is 12.0 Å². The fraction of sp³-hybridized carbons (Fsp3) is 0.900. The van der Waals surface area contributed by atoms with E-state index in [9.17, 15) is 4.79 Å². The summed E-state index contributed by atoms with van der Waals surface area (Å²) in [5.74, 6) is 2.41. The number of carbonyl (C=O) groups is 1. The van der Waals surface area contributed by atoms with Gasteiger partial charge in [-0.15, -0.1) is 35.3 Å². The van der Waals surface area contributed by atoms with Gasteiger partial charge in [0.25, 0.3) is 0 Å². The lowest BCUT2D eigenvalue weighted by Crippen LogP contribution is -2.26. The Morgan fingerprint density at radius 1 is 1.11 bits per heavy atom. The van der Waals surface area contributed by atoms with E-state index in [1.165, 1.54) is 23.9 Å². The van der Waals surface area contributed by atoms with E-state index in [0.29, 0.717) is 11.6 Å². The minimum Gasteiger partial charge on any atom is -0.438 e. The number of alkyl carbamates (subject to hydrolysis) is 1. The SMILES string of the molecule is CCCSCSCSCCNC(=O)OCSCSO. The lowest BCUT2D eigenvalue weighted by Gasteiger charge is -2.06. The van der Waals surface area contributed by atoms with Gasteiger partial charge in [0.05, 0.1) is 5.08 Å². The highest BCUT2D eigenvalue weighted by molar-refractivity contribution is 8.22. The molecule has 0 unspecified atom stereocenters. The quantitative estimate of drug-likeness (QED) is 0.288. The predicted molar refractivity (Wildman–Crippen MR) is 94.6 cm³/mol.